The van der Waals surface area contributed by atoms with Gasteiger partial charge < -0.3 is 20.5 Å². The van der Waals surface area contributed by atoms with Gasteiger partial charge in [0.2, 0.25) is 0 Å². The quantitative estimate of drug-likeness (QED) is 0.622. The molecule has 0 radical (unpaired) electrons. The molecule has 148 valence electrons. The zero-order valence-electron chi connectivity index (χ0n) is 16.4. The number of nitrogens with one attached hydrogen (secondary N) is 2. The van der Waals surface area contributed by atoms with Crippen LogP contribution in [0.5, 0.6) is 5.75 Å². The second-order valence-corrected chi connectivity index (χ2v) is 7.66. The number of methoxy groups -OCH3 is 1. The van der Waals surface area contributed by atoms with Gasteiger partial charge in [-0.1, -0.05) is 0 Å². The smallest absolute Gasteiger partial charge is 0.145 e. The summed E-state index contributed by atoms with van der Waals surface area (Å²) in [7, 11) is 1.59. The molecule has 0 aliphatic carbocycles. The number of aliphatic hydroxyl groups is 1. The van der Waals surface area contributed by atoms with Crippen LogP contribution in [0.4, 0.5) is 5.82 Å². The zero-order valence-corrected chi connectivity index (χ0v) is 16.4. The number of pyridine rings is 1. The maximum atomic E-state index is 10.5. The van der Waals surface area contributed by atoms with Gasteiger partial charge >= 0.3 is 0 Å². The fraction of sp³-hybridized carbons (Fsp3) is 0.450. The van der Waals surface area contributed by atoms with E-state index in [0.29, 0.717) is 23.0 Å². The fourth-order valence-electron chi connectivity index (χ4n) is 3.57. The van der Waals surface area contributed by atoms with Crippen LogP contribution < -0.4 is 15.4 Å². The number of hydrogen-bond acceptors (Lipinski definition) is 7. The third kappa shape index (κ3) is 3.65. The molecule has 0 spiro atoms. The van der Waals surface area contributed by atoms with Gasteiger partial charge in [0, 0.05) is 30.4 Å². The summed E-state index contributed by atoms with van der Waals surface area (Å²) in [5.74, 6) is 1.35. The summed E-state index contributed by atoms with van der Waals surface area (Å²) >= 11 is 0. The van der Waals surface area contributed by atoms with Crippen LogP contribution in [0.15, 0.2) is 30.9 Å². The number of nitrogens with zero attached hydrogens (tertiary/aromatic N) is 4. The Morgan fingerprint density at radius 1 is 1.32 bits per heavy atom. The van der Waals surface area contributed by atoms with Gasteiger partial charge in [0.05, 0.1) is 37.0 Å². The largest absolute Gasteiger partial charge is 0.496 e. The Hall–Kier alpha value is -2.71. The Morgan fingerprint density at radius 2 is 2.18 bits per heavy atom. The van der Waals surface area contributed by atoms with E-state index < -0.39 is 5.60 Å². The van der Waals surface area contributed by atoms with Gasteiger partial charge in [-0.15, -0.1) is 0 Å². The fourth-order valence-corrected chi connectivity index (χ4v) is 3.57. The van der Waals surface area contributed by atoms with Gasteiger partial charge in [-0.05, 0) is 33.2 Å². The van der Waals surface area contributed by atoms with E-state index >= 15 is 0 Å². The minimum Gasteiger partial charge on any atom is -0.496 e. The Labute approximate surface area is 164 Å². The standard InChI is InChI=1S/C20H26N6O2/c1-20(2,27)14-12-26-16(10-23-19(26)7-17(14)28-3)15-9-22-11-18(25-15)24-13-5-4-6-21-8-13/h7,9-13,21,27H,4-6,8H2,1-3H3,(H,24,25)/t13-/m1/s1. The molecular weight excluding hydrogens is 356 g/mol. The van der Waals surface area contributed by atoms with E-state index in [0.717, 1.165) is 43.1 Å². The predicted molar refractivity (Wildman–Crippen MR) is 108 cm³/mol. The van der Waals surface area contributed by atoms with Crippen LogP contribution in [0, 0.1) is 0 Å². The molecule has 4 rings (SSSR count). The summed E-state index contributed by atoms with van der Waals surface area (Å²) in [6.45, 7) is 5.46. The van der Waals surface area contributed by atoms with Crippen LogP contribution in [0.1, 0.15) is 32.3 Å². The topological polar surface area (TPSA) is 96.6 Å². The number of ether oxygens (including phenoxy) is 1. The molecule has 3 aromatic heterocycles. The SMILES string of the molecule is COc1cc2ncc(-c3cncc(N[C@@H]4CCCNC4)n3)n2cc1C(C)(C)O. The van der Waals surface area contributed by atoms with Crippen molar-refractivity contribution in [2.75, 3.05) is 25.5 Å². The van der Waals surface area contributed by atoms with Gasteiger partial charge in [-0.3, -0.25) is 9.38 Å². The maximum absolute atomic E-state index is 10.5. The second-order valence-electron chi connectivity index (χ2n) is 7.66. The number of imidazole rings is 1. The first-order valence-corrected chi connectivity index (χ1v) is 9.53. The number of hydrogen-bond donors (Lipinski definition) is 3. The minimum absolute atomic E-state index is 0.353. The molecule has 4 heterocycles. The molecule has 0 unspecified atom stereocenters. The Morgan fingerprint density at radius 3 is 2.89 bits per heavy atom. The van der Waals surface area contributed by atoms with E-state index in [4.69, 9.17) is 9.72 Å². The van der Waals surface area contributed by atoms with Gasteiger partial charge in [-0.2, -0.15) is 0 Å². The van der Waals surface area contributed by atoms with Gasteiger partial charge in [-0.25, -0.2) is 9.97 Å². The van der Waals surface area contributed by atoms with E-state index in [1.54, 1.807) is 39.5 Å². The lowest BCUT2D eigenvalue weighted by Crippen LogP contribution is -2.38. The minimum atomic E-state index is -1.05. The number of anilines is 1. The first-order chi connectivity index (χ1) is 13.5. The molecule has 0 amide bonds. The number of piperidine rings is 1. The zero-order chi connectivity index (χ0) is 19.7. The van der Waals surface area contributed by atoms with Crippen LogP contribution in [0.2, 0.25) is 0 Å². The summed E-state index contributed by atoms with van der Waals surface area (Å²) in [6, 6.07) is 2.17. The summed E-state index contributed by atoms with van der Waals surface area (Å²) in [5.41, 5.74) is 1.87. The highest BCUT2D eigenvalue weighted by atomic mass is 16.5. The third-order valence-corrected chi connectivity index (χ3v) is 5.03. The highest BCUT2D eigenvalue weighted by molar-refractivity contribution is 5.63. The first kappa shape index (κ1) is 18.6. The molecule has 0 bridgehead atoms. The second kappa shape index (κ2) is 7.37. The van der Waals surface area contributed by atoms with Crippen molar-refractivity contribution in [2.24, 2.45) is 0 Å². The molecule has 1 atom stereocenters. The van der Waals surface area contributed by atoms with Crippen molar-refractivity contribution in [1.82, 2.24) is 24.7 Å². The van der Waals surface area contributed by atoms with Crippen LogP contribution in [-0.2, 0) is 5.60 Å². The first-order valence-electron chi connectivity index (χ1n) is 9.53. The molecule has 8 heteroatoms. The average molecular weight is 382 g/mol. The van der Waals surface area contributed by atoms with Gasteiger partial charge in [0.25, 0.3) is 0 Å². The summed E-state index contributed by atoms with van der Waals surface area (Å²) < 4.78 is 7.35. The number of aromatic nitrogens is 4. The molecule has 3 N–H and O–H groups in total. The van der Waals surface area contributed by atoms with E-state index in [-0.39, 0.29) is 0 Å². The molecular formula is C20H26N6O2. The third-order valence-electron chi connectivity index (χ3n) is 5.03. The lowest BCUT2D eigenvalue weighted by molar-refractivity contribution is 0.0752. The molecule has 0 aromatic carbocycles. The van der Waals surface area contributed by atoms with Crippen molar-refractivity contribution in [3.05, 3.63) is 36.4 Å². The van der Waals surface area contributed by atoms with Crippen LogP contribution in [0.25, 0.3) is 17.0 Å². The molecule has 1 aliphatic rings. The van der Waals surface area contributed by atoms with Crippen molar-refractivity contribution >= 4 is 11.5 Å². The van der Waals surface area contributed by atoms with Crippen LogP contribution >= 0.6 is 0 Å². The molecule has 1 saturated heterocycles. The molecule has 1 fully saturated rings. The van der Waals surface area contributed by atoms with Crippen molar-refractivity contribution in [1.29, 1.82) is 0 Å². The highest BCUT2D eigenvalue weighted by Crippen LogP contribution is 2.32. The Kier molecular flexibility index (Phi) is 4.91. The van der Waals surface area contributed by atoms with Gasteiger partial charge in [0.15, 0.2) is 0 Å². The highest BCUT2D eigenvalue weighted by Gasteiger charge is 2.23. The molecule has 8 nitrogen and oxygen atoms in total. The van der Waals surface area contributed by atoms with Gasteiger partial charge in [0.1, 0.15) is 22.9 Å². The monoisotopic (exact) mass is 382 g/mol. The molecule has 1 aliphatic heterocycles. The van der Waals surface area contributed by atoms with E-state index in [9.17, 15) is 5.11 Å². The maximum Gasteiger partial charge on any atom is 0.145 e. The van der Waals surface area contributed by atoms with Crippen molar-refractivity contribution in [3.63, 3.8) is 0 Å². The van der Waals surface area contributed by atoms with Crippen molar-refractivity contribution in [3.8, 4) is 17.1 Å². The van der Waals surface area contributed by atoms with Crippen molar-refractivity contribution < 1.29 is 9.84 Å². The summed E-state index contributed by atoms with van der Waals surface area (Å²) in [6.07, 6.45) is 9.35. The van der Waals surface area contributed by atoms with Crippen LogP contribution in [-0.4, -0.2) is 50.7 Å². The van der Waals surface area contributed by atoms with E-state index in [2.05, 4.69) is 20.6 Å². The molecule has 0 saturated carbocycles. The van der Waals surface area contributed by atoms with Crippen molar-refractivity contribution in [2.45, 2.75) is 38.3 Å². The summed E-state index contributed by atoms with van der Waals surface area (Å²) in [4.78, 5) is 13.6. The predicted octanol–water partition coefficient (Wildman–Crippen LogP) is 2.19. The Balaban J connectivity index is 1.72. The normalized spacial score (nSPS) is 17.6. The average Bonchev–Trinajstić information content (AvgIpc) is 3.10. The van der Waals surface area contributed by atoms with E-state index in [1.807, 2.05) is 16.7 Å². The van der Waals surface area contributed by atoms with Crippen LogP contribution in [0.3, 0.4) is 0 Å². The number of rotatable bonds is 5. The molecule has 3 aromatic rings. The Bertz CT molecular complexity index is 972. The lowest BCUT2D eigenvalue weighted by Gasteiger charge is -2.24. The molecule has 28 heavy (non-hydrogen) atoms. The lowest BCUT2D eigenvalue weighted by atomic mass is 9.99. The number of fused-ring (bicyclic) bond motifs is 1. The van der Waals surface area contributed by atoms with E-state index in [1.165, 1.54) is 0 Å². The summed E-state index contributed by atoms with van der Waals surface area (Å²) in [5, 5.41) is 17.4.